The number of aliphatic hydroxyl groups is 1. The van der Waals surface area contributed by atoms with Crippen LogP contribution in [0.3, 0.4) is 0 Å². The Morgan fingerprint density at radius 2 is 1.96 bits per heavy atom. The van der Waals surface area contributed by atoms with Gasteiger partial charge in [0.05, 0.1) is 11.4 Å². The van der Waals surface area contributed by atoms with Crippen molar-refractivity contribution in [2.75, 3.05) is 5.75 Å². The summed E-state index contributed by atoms with van der Waals surface area (Å²) in [7, 11) is 0. The van der Waals surface area contributed by atoms with E-state index in [1.165, 1.54) is 17.8 Å². The normalized spacial score (nSPS) is 13.6. The van der Waals surface area contributed by atoms with Gasteiger partial charge in [0, 0.05) is 11.3 Å². The maximum absolute atomic E-state index is 13.7. The molecule has 1 aromatic heterocycles. The fourth-order valence-corrected chi connectivity index (χ4v) is 3.23. The van der Waals surface area contributed by atoms with E-state index in [2.05, 4.69) is 10.1 Å². The summed E-state index contributed by atoms with van der Waals surface area (Å²) in [6.07, 6.45) is -0.553. The Bertz CT molecular complexity index is 838. The Kier molecular flexibility index (Phi) is 5.50. The molecule has 25 heavy (non-hydrogen) atoms. The van der Waals surface area contributed by atoms with Crippen molar-refractivity contribution in [2.45, 2.75) is 25.2 Å². The van der Waals surface area contributed by atoms with Gasteiger partial charge < -0.3 is 9.63 Å². The number of nitrogens with zero attached hydrogens (tertiary/aromatic N) is 2. The first kappa shape index (κ1) is 17.6. The molecule has 130 valence electrons. The number of aliphatic hydroxyl groups excluding tert-OH is 1. The van der Waals surface area contributed by atoms with Gasteiger partial charge in [0.25, 0.3) is 0 Å². The minimum absolute atomic E-state index is 0.0742. The van der Waals surface area contributed by atoms with Crippen molar-refractivity contribution in [1.82, 2.24) is 10.1 Å². The van der Waals surface area contributed by atoms with Gasteiger partial charge in [-0.1, -0.05) is 47.6 Å². The van der Waals surface area contributed by atoms with Gasteiger partial charge in [-0.25, -0.2) is 4.39 Å². The molecule has 4 nitrogen and oxygen atoms in total. The lowest BCUT2D eigenvalue weighted by Gasteiger charge is -2.12. The molecule has 2 atom stereocenters. The smallest absolute Gasteiger partial charge is 0.239 e. The summed E-state index contributed by atoms with van der Waals surface area (Å²) in [4.78, 5) is 4.35. The third kappa shape index (κ3) is 4.27. The molecule has 0 fully saturated rings. The molecule has 0 bridgehead atoms. The summed E-state index contributed by atoms with van der Waals surface area (Å²) in [6, 6.07) is 14.4. The molecule has 0 saturated carbocycles. The van der Waals surface area contributed by atoms with Gasteiger partial charge in [0.1, 0.15) is 5.82 Å². The Hall–Kier alpha value is -2.18. The van der Waals surface area contributed by atoms with Gasteiger partial charge in [0.2, 0.25) is 11.7 Å². The lowest BCUT2D eigenvalue weighted by atomic mass is 10.1. The van der Waals surface area contributed by atoms with Crippen LogP contribution in [0.15, 0.2) is 53.1 Å². The van der Waals surface area contributed by atoms with E-state index in [0.717, 1.165) is 5.56 Å². The van der Waals surface area contributed by atoms with Crippen LogP contribution in [0.4, 0.5) is 4.39 Å². The Morgan fingerprint density at radius 1 is 1.20 bits per heavy atom. The molecule has 0 aliphatic carbocycles. The van der Waals surface area contributed by atoms with Crippen molar-refractivity contribution in [2.24, 2.45) is 0 Å². The van der Waals surface area contributed by atoms with E-state index in [1.54, 1.807) is 19.1 Å². The highest BCUT2D eigenvalue weighted by Gasteiger charge is 2.18. The summed E-state index contributed by atoms with van der Waals surface area (Å²) < 4.78 is 19.0. The number of thioether (sulfide) groups is 1. The number of hydrogen-bond donors (Lipinski definition) is 1. The average Bonchev–Trinajstić information content (AvgIpc) is 3.12. The molecule has 3 rings (SSSR count). The molecule has 0 aliphatic rings. The molecule has 0 aliphatic heterocycles. The summed E-state index contributed by atoms with van der Waals surface area (Å²) in [6.45, 7) is 3.65. The van der Waals surface area contributed by atoms with E-state index < -0.39 is 6.10 Å². The van der Waals surface area contributed by atoms with Crippen LogP contribution in [0.1, 0.15) is 35.3 Å². The fraction of sp³-hybridized carbons (Fsp3) is 0.263. The van der Waals surface area contributed by atoms with Crippen LogP contribution in [0.5, 0.6) is 0 Å². The molecule has 2 unspecified atom stereocenters. The third-order valence-corrected chi connectivity index (χ3v) is 5.12. The zero-order chi connectivity index (χ0) is 17.8. The van der Waals surface area contributed by atoms with E-state index in [4.69, 9.17) is 4.52 Å². The van der Waals surface area contributed by atoms with Crippen molar-refractivity contribution in [3.05, 3.63) is 71.4 Å². The second-order valence-corrected chi connectivity index (χ2v) is 7.20. The molecule has 1 heterocycles. The highest BCUT2D eigenvalue weighted by Crippen LogP contribution is 2.31. The van der Waals surface area contributed by atoms with Crippen LogP contribution in [0.25, 0.3) is 11.4 Å². The molecule has 2 aromatic carbocycles. The molecule has 0 radical (unpaired) electrons. The number of rotatable bonds is 6. The molecular formula is C19H19FN2O2S. The lowest BCUT2D eigenvalue weighted by Crippen LogP contribution is -2.02. The first-order chi connectivity index (χ1) is 12.0. The fourth-order valence-electron chi connectivity index (χ4n) is 2.33. The predicted molar refractivity (Wildman–Crippen MR) is 96.7 cm³/mol. The summed E-state index contributed by atoms with van der Waals surface area (Å²) in [5.74, 6) is 1.05. The summed E-state index contributed by atoms with van der Waals surface area (Å²) >= 11 is 1.53. The van der Waals surface area contributed by atoms with Gasteiger partial charge in [-0.3, -0.25) is 0 Å². The first-order valence-corrected chi connectivity index (χ1v) is 9.04. The SMILES string of the molecule is Cc1ccc(-c2noc(C(C)SCC(O)c3ccccc3)n2)cc1F. The van der Waals surface area contributed by atoms with Crippen molar-refractivity contribution >= 4 is 11.8 Å². The standard InChI is InChI=1S/C19H19FN2O2S/c1-12-8-9-15(10-16(12)20)18-21-19(24-22-18)13(2)25-11-17(23)14-6-4-3-5-7-14/h3-10,13,17,23H,11H2,1-2H3. The van der Waals surface area contributed by atoms with Crippen LogP contribution in [0, 0.1) is 12.7 Å². The molecule has 1 N–H and O–H groups in total. The number of benzene rings is 2. The molecule has 0 amide bonds. The first-order valence-electron chi connectivity index (χ1n) is 7.99. The molecule has 6 heteroatoms. The summed E-state index contributed by atoms with van der Waals surface area (Å²) in [5.41, 5.74) is 2.04. The van der Waals surface area contributed by atoms with Crippen LogP contribution >= 0.6 is 11.8 Å². The molecular weight excluding hydrogens is 339 g/mol. The number of aryl methyl sites for hydroxylation is 1. The number of halogens is 1. The monoisotopic (exact) mass is 358 g/mol. The third-order valence-electron chi connectivity index (χ3n) is 3.91. The van der Waals surface area contributed by atoms with E-state index in [9.17, 15) is 9.50 Å². The Morgan fingerprint density at radius 3 is 2.68 bits per heavy atom. The minimum atomic E-state index is -0.553. The van der Waals surface area contributed by atoms with Crippen LogP contribution < -0.4 is 0 Å². The zero-order valence-corrected chi connectivity index (χ0v) is 14.8. The number of aromatic nitrogens is 2. The van der Waals surface area contributed by atoms with Gasteiger partial charge in [0.15, 0.2) is 0 Å². The minimum Gasteiger partial charge on any atom is -0.388 e. The molecule has 0 spiro atoms. The van der Waals surface area contributed by atoms with Gasteiger partial charge in [-0.2, -0.15) is 4.98 Å². The van der Waals surface area contributed by atoms with Gasteiger partial charge in [-0.15, -0.1) is 11.8 Å². The van der Waals surface area contributed by atoms with Crippen molar-refractivity contribution in [3.8, 4) is 11.4 Å². The lowest BCUT2D eigenvalue weighted by molar-refractivity contribution is 0.204. The van der Waals surface area contributed by atoms with Gasteiger partial charge in [-0.05, 0) is 31.0 Å². The predicted octanol–water partition coefficient (Wildman–Crippen LogP) is 4.71. The van der Waals surface area contributed by atoms with Crippen molar-refractivity contribution < 1.29 is 14.0 Å². The topological polar surface area (TPSA) is 59.2 Å². The Balaban J connectivity index is 1.64. The molecule has 3 aromatic rings. The van der Waals surface area contributed by atoms with Crippen molar-refractivity contribution in [1.29, 1.82) is 0 Å². The van der Waals surface area contributed by atoms with E-state index in [-0.39, 0.29) is 11.1 Å². The zero-order valence-electron chi connectivity index (χ0n) is 14.0. The van der Waals surface area contributed by atoms with E-state index >= 15 is 0 Å². The largest absolute Gasteiger partial charge is 0.388 e. The number of hydrogen-bond acceptors (Lipinski definition) is 5. The van der Waals surface area contributed by atoms with E-state index in [1.807, 2.05) is 37.3 Å². The second kappa shape index (κ2) is 7.80. The highest BCUT2D eigenvalue weighted by atomic mass is 32.2. The van der Waals surface area contributed by atoms with Crippen LogP contribution in [-0.4, -0.2) is 21.0 Å². The highest BCUT2D eigenvalue weighted by molar-refractivity contribution is 7.99. The summed E-state index contributed by atoms with van der Waals surface area (Å²) in [5, 5.41) is 14.1. The molecule has 0 saturated heterocycles. The maximum Gasteiger partial charge on any atom is 0.239 e. The van der Waals surface area contributed by atoms with E-state index in [0.29, 0.717) is 28.6 Å². The maximum atomic E-state index is 13.7. The Labute approximate surface area is 150 Å². The second-order valence-electron chi connectivity index (χ2n) is 5.82. The van der Waals surface area contributed by atoms with Crippen molar-refractivity contribution in [3.63, 3.8) is 0 Å². The van der Waals surface area contributed by atoms with Crippen LogP contribution in [-0.2, 0) is 0 Å². The van der Waals surface area contributed by atoms with Crippen LogP contribution in [0.2, 0.25) is 0 Å². The average molecular weight is 358 g/mol. The quantitative estimate of drug-likeness (QED) is 0.691. The van der Waals surface area contributed by atoms with Gasteiger partial charge >= 0.3 is 0 Å².